The van der Waals surface area contributed by atoms with Gasteiger partial charge >= 0.3 is 0 Å². The van der Waals surface area contributed by atoms with Crippen LogP contribution in [-0.2, 0) is 0 Å². The van der Waals surface area contributed by atoms with E-state index in [9.17, 15) is 0 Å². The molecule has 94 heavy (non-hydrogen) atoms. The van der Waals surface area contributed by atoms with Gasteiger partial charge in [-0.2, -0.15) is 0 Å². The molecule has 0 saturated carbocycles. The van der Waals surface area contributed by atoms with Gasteiger partial charge in [-0.1, -0.05) is 285 Å². The van der Waals surface area contributed by atoms with Gasteiger partial charge in [0.1, 0.15) is 22.3 Å². The highest BCUT2D eigenvalue weighted by atomic mass is 16.3. The summed E-state index contributed by atoms with van der Waals surface area (Å²) in [6.45, 7) is 0. The van der Waals surface area contributed by atoms with Gasteiger partial charge in [-0.15, -0.1) is 0 Å². The molecule has 0 spiro atoms. The zero-order chi connectivity index (χ0) is 61.5. The number of benzene rings is 18. The fraction of sp³-hybridized carbons (Fsp3) is 0. The molecule has 0 atom stereocenters. The highest BCUT2D eigenvalue weighted by Gasteiger charge is 2.26. The van der Waals surface area contributed by atoms with Crippen LogP contribution in [0.25, 0.3) is 208 Å². The van der Waals surface area contributed by atoms with E-state index in [0.717, 1.165) is 71.5 Å². The van der Waals surface area contributed by atoms with Gasteiger partial charge in [0.2, 0.25) is 0 Å². The number of hydrogen-bond acceptors (Lipinski definition) is 2. The van der Waals surface area contributed by atoms with Gasteiger partial charge in [-0.25, -0.2) is 0 Å². The van der Waals surface area contributed by atoms with E-state index in [4.69, 9.17) is 8.83 Å². The smallest absolute Gasteiger partial charge is 0.143 e. The molecule has 0 fully saturated rings. The number of rotatable bonds is 7. The Labute approximate surface area is 541 Å². The lowest BCUT2D eigenvalue weighted by Crippen LogP contribution is -1.93. The number of fused-ring (bicyclic) bond motifs is 14. The van der Waals surface area contributed by atoms with E-state index in [1.54, 1.807) is 0 Å². The second-order valence-electron chi connectivity index (χ2n) is 25.2. The topological polar surface area (TPSA) is 26.3 Å². The van der Waals surface area contributed by atoms with Crippen LogP contribution >= 0.6 is 0 Å². The van der Waals surface area contributed by atoms with Crippen molar-refractivity contribution in [1.29, 1.82) is 0 Å². The maximum absolute atomic E-state index is 7.28. The fourth-order valence-electron chi connectivity index (χ4n) is 16.0. The quantitative estimate of drug-likeness (QED) is 0.149. The minimum absolute atomic E-state index is 0.870. The molecule has 0 bridgehead atoms. The van der Waals surface area contributed by atoms with Crippen molar-refractivity contribution in [2.24, 2.45) is 0 Å². The van der Waals surface area contributed by atoms with Crippen LogP contribution < -0.4 is 0 Å². The second kappa shape index (κ2) is 20.6. The molecule has 2 aromatic heterocycles. The van der Waals surface area contributed by atoms with E-state index >= 15 is 0 Å². The third kappa shape index (κ3) is 7.90. The first-order chi connectivity index (χ1) is 46.6. The Balaban J connectivity index is 0.734. The molecule has 0 amide bonds. The van der Waals surface area contributed by atoms with Crippen LogP contribution in [0, 0.1) is 0 Å². The molecule has 18 aromatic carbocycles. The van der Waals surface area contributed by atoms with Crippen LogP contribution in [0.1, 0.15) is 0 Å². The Morgan fingerprint density at radius 1 is 0.160 bits per heavy atom. The lowest BCUT2D eigenvalue weighted by Gasteiger charge is -2.20. The maximum Gasteiger partial charge on any atom is 0.143 e. The van der Waals surface area contributed by atoms with Crippen LogP contribution in [0.4, 0.5) is 0 Å². The summed E-state index contributed by atoms with van der Waals surface area (Å²) in [6, 6.07) is 121. The van der Waals surface area contributed by atoms with Crippen LogP contribution in [0.5, 0.6) is 0 Å². The average molecular weight is 1190 g/mol. The van der Waals surface area contributed by atoms with Crippen LogP contribution in [-0.4, -0.2) is 0 Å². The molecular weight excluding hydrogens is 1140 g/mol. The summed E-state index contributed by atoms with van der Waals surface area (Å²) in [5.74, 6) is 0. The summed E-state index contributed by atoms with van der Waals surface area (Å²) in [5.41, 5.74) is 20.1. The van der Waals surface area contributed by atoms with Crippen molar-refractivity contribution < 1.29 is 8.83 Å². The summed E-state index contributed by atoms with van der Waals surface area (Å²) >= 11 is 0. The first kappa shape index (κ1) is 52.4. The SMILES string of the molecule is c1ccc(-c2ccc3c(-c4c5ccccc5c(-c5ccc(-c6ccc(-c7ccc(-c8c9ccccc9c(-c9cccc%10oc%11cc%12ccccc%12cc%11c9%10)c9ccccc89)c8ccccc78)cc6)c6oc7cc8ccccc8cc7c56)c5ccccc45)cccc3c2)cc1. The van der Waals surface area contributed by atoms with Gasteiger partial charge in [0.25, 0.3) is 0 Å². The zero-order valence-corrected chi connectivity index (χ0v) is 51.0. The summed E-state index contributed by atoms with van der Waals surface area (Å²) in [7, 11) is 0. The van der Waals surface area contributed by atoms with E-state index in [2.05, 4.69) is 328 Å². The molecule has 434 valence electrons. The summed E-state index contributed by atoms with van der Waals surface area (Å²) in [5, 5.41) is 23.7. The van der Waals surface area contributed by atoms with E-state index in [0.29, 0.717) is 0 Å². The summed E-state index contributed by atoms with van der Waals surface area (Å²) < 4.78 is 14.0. The third-order valence-corrected chi connectivity index (χ3v) is 20.2. The lowest BCUT2D eigenvalue weighted by atomic mass is 9.83. The molecule has 2 heteroatoms. The first-order valence-electron chi connectivity index (χ1n) is 32.4. The predicted octanol–water partition coefficient (Wildman–Crippen LogP) is 26.4. The summed E-state index contributed by atoms with van der Waals surface area (Å²) in [6.07, 6.45) is 0. The molecule has 20 rings (SSSR count). The highest BCUT2D eigenvalue weighted by molar-refractivity contribution is 6.30. The van der Waals surface area contributed by atoms with Gasteiger partial charge in [-0.3, -0.25) is 0 Å². The Morgan fingerprint density at radius 2 is 0.532 bits per heavy atom. The molecule has 20 aromatic rings. The van der Waals surface area contributed by atoms with Crippen molar-refractivity contribution in [1.82, 2.24) is 0 Å². The molecule has 0 aliphatic heterocycles. The van der Waals surface area contributed by atoms with Crippen LogP contribution in [0.2, 0.25) is 0 Å². The minimum Gasteiger partial charge on any atom is -0.456 e. The van der Waals surface area contributed by atoms with E-state index < -0.39 is 0 Å². The average Bonchev–Trinajstić information content (AvgIpc) is 1.19. The van der Waals surface area contributed by atoms with E-state index in [1.807, 2.05) is 0 Å². The molecule has 0 aliphatic carbocycles. The van der Waals surface area contributed by atoms with Gasteiger partial charge in [0.05, 0.1) is 0 Å². The first-order valence-corrected chi connectivity index (χ1v) is 32.4. The molecule has 0 aliphatic rings. The van der Waals surface area contributed by atoms with Gasteiger partial charge in [-0.05, 0) is 201 Å². The maximum atomic E-state index is 7.28. The molecular formula is C92H54O2. The molecule has 2 nitrogen and oxygen atoms in total. The number of hydrogen-bond donors (Lipinski definition) is 0. The number of furan rings is 2. The molecule has 0 saturated heterocycles. The van der Waals surface area contributed by atoms with Crippen molar-refractivity contribution in [2.75, 3.05) is 0 Å². The van der Waals surface area contributed by atoms with Crippen LogP contribution in [0.15, 0.2) is 336 Å². The fourth-order valence-corrected chi connectivity index (χ4v) is 16.0. The van der Waals surface area contributed by atoms with E-state index in [1.165, 1.54) is 136 Å². The molecule has 0 radical (unpaired) electrons. The minimum atomic E-state index is 0.870. The zero-order valence-electron chi connectivity index (χ0n) is 51.0. The van der Waals surface area contributed by atoms with Crippen LogP contribution in [0.3, 0.4) is 0 Å². The lowest BCUT2D eigenvalue weighted by molar-refractivity contribution is 0.669. The monoisotopic (exact) mass is 1190 g/mol. The summed E-state index contributed by atoms with van der Waals surface area (Å²) in [4.78, 5) is 0. The van der Waals surface area contributed by atoms with Crippen molar-refractivity contribution in [3.63, 3.8) is 0 Å². The molecule has 2 heterocycles. The Hall–Kier alpha value is -12.4. The standard InChI is InChI=1S/C92H54O2/c1-2-20-55(21-3-1)62-44-45-65-63(50-62)26-18-37-69(65)86-70-29-10-16-35-76(70)89(77-36-17-11-30-71(77)86)80-49-47-66(92-91(80)82-52-59-23-5-7-25-61(59)54-85(82)94-92)57-42-40-56(41-43-57)64-46-48-78(68-28-9-8-27-67(64)68)87-72-31-12-14-33-74(72)88(75-34-15-13-32-73(75)87)79-38-19-39-83-90(79)81-51-58-22-4-6-24-60(58)53-84(81)93-83/h1-54H. The van der Waals surface area contributed by atoms with Crippen molar-refractivity contribution in [3.8, 4) is 77.9 Å². The van der Waals surface area contributed by atoms with Crippen molar-refractivity contribution in [2.45, 2.75) is 0 Å². The Bertz CT molecular complexity index is 6470. The molecule has 0 N–H and O–H groups in total. The normalized spacial score (nSPS) is 12.0. The Morgan fingerprint density at radius 3 is 1.10 bits per heavy atom. The largest absolute Gasteiger partial charge is 0.456 e. The predicted molar refractivity (Wildman–Crippen MR) is 399 cm³/mol. The Kier molecular flexibility index (Phi) is 11.5. The third-order valence-electron chi connectivity index (χ3n) is 20.2. The van der Waals surface area contributed by atoms with Crippen molar-refractivity contribution >= 4 is 130 Å². The van der Waals surface area contributed by atoms with Crippen molar-refractivity contribution in [3.05, 3.63) is 328 Å². The second-order valence-corrected chi connectivity index (χ2v) is 25.2. The van der Waals surface area contributed by atoms with Gasteiger partial charge in [0.15, 0.2) is 0 Å². The van der Waals surface area contributed by atoms with Gasteiger partial charge < -0.3 is 8.83 Å². The van der Waals surface area contributed by atoms with Gasteiger partial charge in [0, 0.05) is 27.1 Å². The molecule has 0 unspecified atom stereocenters. The highest BCUT2D eigenvalue weighted by Crippen LogP contribution is 2.53. The van der Waals surface area contributed by atoms with E-state index in [-0.39, 0.29) is 0 Å².